The number of anilines is 1. The van der Waals surface area contributed by atoms with Crippen molar-refractivity contribution < 1.29 is 14.7 Å². The van der Waals surface area contributed by atoms with Crippen LogP contribution < -0.4 is 10.6 Å². The number of carbonyl (C=O) groups excluding carboxylic acids is 1. The van der Waals surface area contributed by atoms with Gasteiger partial charge in [0.2, 0.25) is 0 Å². The van der Waals surface area contributed by atoms with Crippen LogP contribution in [-0.4, -0.2) is 32.9 Å². The highest BCUT2D eigenvalue weighted by atomic mass is 16.4. The maximum Gasteiger partial charge on any atom is 0.320 e. The van der Waals surface area contributed by atoms with Crippen molar-refractivity contribution in [3.05, 3.63) is 11.8 Å². The predicted octanol–water partition coefficient (Wildman–Crippen LogP) is 3.46. The van der Waals surface area contributed by atoms with Crippen molar-refractivity contribution in [1.29, 1.82) is 0 Å². The predicted molar refractivity (Wildman–Crippen MR) is 94.6 cm³/mol. The van der Waals surface area contributed by atoms with Crippen LogP contribution in [-0.2, 0) is 4.79 Å². The molecule has 3 N–H and O–H groups in total. The minimum Gasteiger partial charge on any atom is -0.481 e. The first-order valence-electron chi connectivity index (χ1n) is 9.39. The molecule has 2 amide bonds. The summed E-state index contributed by atoms with van der Waals surface area (Å²) in [5, 5.41) is 19.4. The molecule has 2 aliphatic carbocycles. The molecular formula is C18H28N4O3. The molecule has 0 saturated heterocycles. The Kier molecular flexibility index (Phi) is 5.60. The highest BCUT2D eigenvalue weighted by Crippen LogP contribution is 2.29. The molecule has 1 heterocycles. The fourth-order valence-electron chi connectivity index (χ4n) is 3.95. The summed E-state index contributed by atoms with van der Waals surface area (Å²) in [6.45, 7) is 1.96. The van der Waals surface area contributed by atoms with Gasteiger partial charge in [0.15, 0.2) is 5.82 Å². The number of hydrogen-bond donors (Lipinski definition) is 3. The Balaban J connectivity index is 1.51. The van der Waals surface area contributed by atoms with Crippen LogP contribution in [0.1, 0.15) is 69.4 Å². The summed E-state index contributed by atoms with van der Waals surface area (Å²) < 4.78 is 2.00. The lowest BCUT2D eigenvalue weighted by molar-refractivity contribution is -0.142. The second kappa shape index (κ2) is 7.89. The number of aryl methyl sites for hydroxylation is 1. The lowest BCUT2D eigenvalue weighted by atomic mass is 9.86. The number of amides is 2. The van der Waals surface area contributed by atoms with Gasteiger partial charge < -0.3 is 10.4 Å². The summed E-state index contributed by atoms with van der Waals surface area (Å²) in [7, 11) is 0. The first-order chi connectivity index (χ1) is 12.0. The molecule has 0 atom stereocenters. The molecular weight excluding hydrogens is 320 g/mol. The third-order valence-electron chi connectivity index (χ3n) is 5.51. The van der Waals surface area contributed by atoms with Crippen LogP contribution in [0.3, 0.4) is 0 Å². The summed E-state index contributed by atoms with van der Waals surface area (Å²) in [6.07, 6.45) is 10.8. The third-order valence-corrected chi connectivity index (χ3v) is 5.51. The van der Waals surface area contributed by atoms with E-state index in [2.05, 4.69) is 15.7 Å². The summed E-state index contributed by atoms with van der Waals surface area (Å²) >= 11 is 0. The van der Waals surface area contributed by atoms with E-state index in [0.717, 1.165) is 18.4 Å². The molecule has 2 fully saturated rings. The number of hydrogen-bond acceptors (Lipinski definition) is 3. The van der Waals surface area contributed by atoms with E-state index in [1.165, 1.54) is 19.3 Å². The highest BCUT2D eigenvalue weighted by Gasteiger charge is 2.27. The number of rotatable bonds is 4. The van der Waals surface area contributed by atoms with Gasteiger partial charge in [-0.3, -0.25) is 14.8 Å². The smallest absolute Gasteiger partial charge is 0.320 e. The van der Waals surface area contributed by atoms with Crippen molar-refractivity contribution in [1.82, 2.24) is 15.1 Å². The normalized spacial score (nSPS) is 24.7. The Morgan fingerprint density at radius 1 is 1.12 bits per heavy atom. The van der Waals surface area contributed by atoms with Crippen LogP contribution in [0.5, 0.6) is 0 Å². The second-order valence-electron chi connectivity index (χ2n) is 7.42. The van der Waals surface area contributed by atoms with Gasteiger partial charge in [-0.05, 0) is 45.4 Å². The topological polar surface area (TPSA) is 96.3 Å². The molecule has 0 unspecified atom stereocenters. The SMILES string of the molecule is Cc1cn(C2CCCCC2)nc1NC(=O)NC1CCC(C(=O)O)CC1. The number of carboxylic acids is 1. The Hall–Kier alpha value is -2.05. The monoisotopic (exact) mass is 348 g/mol. The van der Waals surface area contributed by atoms with Crippen molar-refractivity contribution >= 4 is 17.8 Å². The van der Waals surface area contributed by atoms with E-state index < -0.39 is 5.97 Å². The minimum absolute atomic E-state index is 0.0383. The van der Waals surface area contributed by atoms with E-state index >= 15 is 0 Å². The van der Waals surface area contributed by atoms with Crippen LogP contribution in [0.25, 0.3) is 0 Å². The molecule has 1 aromatic rings. The van der Waals surface area contributed by atoms with Gasteiger partial charge in [0.05, 0.1) is 12.0 Å². The number of nitrogens with one attached hydrogen (secondary N) is 2. The highest BCUT2D eigenvalue weighted by molar-refractivity contribution is 5.89. The average molecular weight is 348 g/mol. The van der Waals surface area contributed by atoms with Gasteiger partial charge >= 0.3 is 12.0 Å². The molecule has 3 rings (SSSR count). The Morgan fingerprint density at radius 2 is 1.80 bits per heavy atom. The number of urea groups is 1. The summed E-state index contributed by atoms with van der Waals surface area (Å²) in [6, 6.07) is 0.226. The molecule has 0 radical (unpaired) electrons. The summed E-state index contributed by atoms with van der Waals surface area (Å²) in [4.78, 5) is 23.2. The first kappa shape index (κ1) is 17.8. The largest absolute Gasteiger partial charge is 0.481 e. The molecule has 0 aromatic carbocycles. The molecule has 0 bridgehead atoms. The van der Waals surface area contributed by atoms with E-state index in [1.54, 1.807) is 0 Å². The maximum absolute atomic E-state index is 12.2. The van der Waals surface area contributed by atoms with Gasteiger partial charge in [0, 0.05) is 17.8 Å². The number of nitrogens with zero attached hydrogens (tertiary/aromatic N) is 2. The van der Waals surface area contributed by atoms with Gasteiger partial charge in [-0.2, -0.15) is 5.10 Å². The molecule has 2 saturated carbocycles. The van der Waals surface area contributed by atoms with Crippen LogP contribution in [0, 0.1) is 12.8 Å². The zero-order chi connectivity index (χ0) is 17.8. The Morgan fingerprint density at radius 3 is 2.44 bits per heavy atom. The fraction of sp³-hybridized carbons (Fsp3) is 0.722. The first-order valence-corrected chi connectivity index (χ1v) is 9.39. The summed E-state index contributed by atoms with van der Waals surface area (Å²) in [5.41, 5.74) is 0.968. The van der Waals surface area contributed by atoms with Gasteiger partial charge in [-0.25, -0.2) is 4.79 Å². The van der Waals surface area contributed by atoms with Gasteiger partial charge in [0.1, 0.15) is 0 Å². The number of aromatic nitrogens is 2. The van der Waals surface area contributed by atoms with Crippen molar-refractivity contribution in [2.24, 2.45) is 5.92 Å². The fourth-order valence-corrected chi connectivity index (χ4v) is 3.95. The van der Waals surface area contributed by atoms with Crippen LogP contribution in [0.4, 0.5) is 10.6 Å². The summed E-state index contributed by atoms with van der Waals surface area (Å²) in [5.74, 6) is -0.386. The van der Waals surface area contributed by atoms with Crippen molar-refractivity contribution in [3.63, 3.8) is 0 Å². The maximum atomic E-state index is 12.2. The Labute approximate surface area is 148 Å². The number of carboxylic acid groups (broad SMARTS) is 1. The lowest BCUT2D eigenvalue weighted by Gasteiger charge is -2.26. The van der Waals surface area contributed by atoms with E-state index in [-0.39, 0.29) is 18.0 Å². The molecule has 7 nitrogen and oxygen atoms in total. The molecule has 7 heteroatoms. The van der Waals surface area contributed by atoms with Crippen molar-refractivity contribution in [2.45, 2.75) is 76.8 Å². The molecule has 0 spiro atoms. The molecule has 0 aliphatic heterocycles. The van der Waals surface area contributed by atoms with E-state index in [0.29, 0.717) is 37.5 Å². The zero-order valence-corrected chi connectivity index (χ0v) is 14.8. The van der Waals surface area contributed by atoms with Gasteiger partial charge in [-0.15, -0.1) is 0 Å². The van der Waals surface area contributed by atoms with Crippen LogP contribution in [0.15, 0.2) is 6.20 Å². The quantitative estimate of drug-likeness (QED) is 0.776. The minimum atomic E-state index is -0.730. The molecule has 2 aliphatic rings. The van der Waals surface area contributed by atoms with Crippen molar-refractivity contribution in [2.75, 3.05) is 5.32 Å². The van der Waals surface area contributed by atoms with Crippen molar-refractivity contribution in [3.8, 4) is 0 Å². The molecule has 1 aromatic heterocycles. The van der Waals surface area contributed by atoms with Crippen LogP contribution >= 0.6 is 0 Å². The zero-order valence-electron chi connectivity index (χ0n) is 14.8. The van der Waals surface area contributed by atoms with E-state index in [9.17, 15) is 9.59 Å². The Bertz CT molecular complexity index is 614. The third kappa shape index (κ3) is 4.52. The van der Waals surface area contributed by atoms with Gasteiger partial charge in [0.25, 0.3) is 0 Å². The average Bonchev–Trinajstić information content (AvgIpc) is 2.97. The lowest BCUT2D eigenvalue weighted by Crippen LogP contribution is -2.41. The van der Waals surface area contributed by atoms with E-state index in [1.807, 2.05) is 17.8 Å². The van der Waals surface area contributed by atoms with E-state index in [4.69, 9.17) is 5.11 Å². The van der Waals surface area contributed by atoms with Crippen LogP contribution in [0.2, 0.25) is 0 Å². The number of carbonyl (C=O) groups is 2. The van der Waals surface area contributed by atoms with Gasteiger partial charge in [-0.1, -0.05) is 19.3 Å². The second-order valence-corrected chi connectivity index (χ2v) is 7.42. The standard InChI is InChI=1S/C18H28N4O3/c1-12-11-22(15-5-3-2-4-6-15)21-16(12)20-18(25)19-14-9-7-13(8-10-14)17(23)24/h11,13-15H,2-10H2,1H3,(H,23,24)(H2,19,20,21,25). The molecule has 138 valence electrons. The number of aliphatic carboxylic acids is 1. The molecule has 25 heavy (non-hydrogen) atoms.